The second-order valence-electron chi connectivity index (χ2n) is 28.1. The van der Waals surface area contributed by atoms with Crippen LogP contribution in [0, 0.1) is 0 Å². The third-order valence-corrected chi connectivity index (χ3v) is 16.6. The molecule has 12 rings (SSSR count). The largest absolute Gasteiger partial charge is 0.310 e. The highest BCUT2D eigenvalue weighted by Gasteiger charge is 2.43. The van der Waals surface area contributed by atoms with Crippen molar-refractivity contribution in [3.63, 3.8) is 0 Å². The molecule has 5 heteroatoms. The van der Waals surface area contributed by atoms with Crippen LogP contribution in [0.2, 0.25) is 0 Å². The van der Waals surface area contributed by atoms with E-state index in [-0.39, 0.29) is 39.2 Å². The van der Waals surface area contributed by atoms with Crippen LogP contribution >= 0.6 is 0 Å². The number of nitrogens with zero attached hydrogens (tertiary/aromatic N) is 4. The minimum absolute atomic E-state index is 0.0138. The zero-order chi connectivity index (χ0) is 52.0. The van der Waals surface area contributed by atoms with Gasteiger partial charge in [0.25, 0.3) is 6.71 Å². The lowest BCUT2D eigenvalue weighted by molar-refractivity contribution is 0.569. The molecular formula is C68H73BN4. The Labute approximate surface area is 434 Å². The fourth-order valence-corrected chi connectivity index (χ4v) is 12.1. The maximum Gasteiger partial charge on any atom is 0.252 e. The van der Waals surface area contributed by atoms with Crippen LogP contribution in [0.15, 0.2) is 115 Å². The van der Waals surface area contributed by atoms with Gasteiger partial charge in [-0.1, -0.05) is 173 Å². The Morgan fingerprint density at radius 2 is 0.767 bits per heavy atom. The zero-order valence-corrected chi connectivity index (χ0v) is 46.8. The van der Waals surface area contributed by atoms with Gasteiger partial charge in [0.1, 0.15) is 0 Å². The minimum atomic E-state index is -0.0744. The maximum atomic E-state index is 5.76. The predicted octanol–water partition coefficient (Wildman–Crippen LogP) is 16.1. The first-order valence-corrected chi connectivity index (χ1v) is 26.9. The number of hydrogen-bond acceptors (Lipinski definition) is 2. The number of aromatic nitrogens is 4. The molecule has 10 aromatic rings. The molecule has 0 radical (unpaired) electrons. The summed E-state index contributed by atoms with van der Waals surface area (Å²) in [5.41, 5.74) is 23.4. The van der Waals surface area contributed by atoms with Gasteiger partial charge in [-0.2, -0.15) is 0 Å². The van der Waals surface area contributed by atoms with Crippen LogP contribution in [0.5, 0.6) is 0 Å². The number of benzene rings is 7. The molecule has 2 aliphatic rings. The molecule has 5 heterocycles. The lowest BCUT2D eigenvalue weighted by Gasteiger charge is -2.36. The van der Waals surface area contributed by atoms with Gasteiger partial charge in [-0.3, -0.25) is 0 Å². The Morgan fingerprint density at radius 1 is 0.356 bits per heavy atom. The molecule has 0 spiro atoms. The van der Waals surface area contributed by atoms with Gasteiger partial charge in [0.2, 0.25) is 0 Å². The molecule has 0 N–H and O–H groups in total. The number of hydrogen-bond donors (Lipinski definition) is 0. The topological polar surface area (TPSA) is 35.6 Å². The summed E-state index contributed by atoms with van der Waals surface area (Å²) >= 11 is 0. The Morgan fingerprint density at radius 3 is 1.21 bits per heavy atom. The summed E-state index contributed by atoms with van der Waals surface area (Å²) in [4.78, 5) is 11.2. The van der Waals surface area contributed by atoms with E-state index in [0.717, 1.165) is 33.5 Å². The van der Waals surface area contributed by atoms with E-state index in [1.807, 2.05) is 0 Å². The molecule has 0 fully saturated rings. The van der Waals surface area contributed by atoms with Gasteiger partial charge in [0.15, 0.2) is 5.82 Å². The molecule has 368 valence electrons. The second-order valence-corrected chi connectivity index (χ2v) is 28.1. The van der Waals surface area contributed by atoms with Crippen LogP contribution < -0.4 is 16.4 Å². The fraction of sp³-hybridized carbons (Fsp3) is 0.353. The van der Waals surface area contributed by atoms with Crippen molar-refractivity contribution < 1.29 is 0 Å². The molecule has 0 saturated carbocycles. The molecule has 0 atom stereocenters. The summed E-state index contributed by atoms with van der Waals surface area (Å²) in [5, 5.41) is 6.32. The van der Waals surface area contributed by atoms with E-state index in [2.05, 4.69) is 249 Å². The predicted molar refractivity (Wildman–Crippen MR) is 316 cm³/mol. The van der Waals surface area contributed by atoms with Crippen molar-refractivity contribution in [2.45, 2.75) is 157 Å². The van der Waals surface area contributed by atoms with Crippen LogP contribution in [0.3, 0.4) is 0 Å². The lowest BCUT2D eigenvalue weighted by Crippen LogP contribution is -2.59. The average molecular weight is 957 g/mol. The van der Waals surface area contributed by atoms with E-state index >= 15 is 0 Å². The summed E-state index contributed by atoms with van der Waals surface area (Å²) < 4.78 is 5.28. The van der Waals surface area contributed by atoms with E-state index in [4.69, 9.17) is 9.97 Å². The first-order chi connectivity index (χ1) is 34.0. The summed E-state index contributed by atoms with van der Waals surface area (Å²) in [7, 11) is 0. The van der Waals surface area contributed by atoms with Gasteiger partial charge in [0, 0.05) is 60.5 Å². The van der Waals surface area contributed by atoms with E-state index in [0.29, 0.717) is 0 Å². The van der Waals surface area contributed by atoms with Gasteiger partial charge in [-0.15, -0.1) is 0 Å². The molecule has 2 aliphatic heterocycles. The Bertz CT molecular complexity index is 3810. The Kier molecular flexibility index (Phi) is 9.82. The zero-order valence-electron chi connectivity index (χ0n) is 46.8. The molecular weight excluding hydrogens is 884 g/mol. The highest BCUT2D eigenvalue weighted by Crippen LogP contribution is 2.45. The van der Waals surface area contributed by atoms with Crippen LogP contribution in [0.1, 0.15) is 158 Å². The molecule has 7 aromatic carbocycles. The molecule has 73 heavy (non-hydrogen) atoms. The van der Waals surface area contributed by atoms with Crippen molar-refractivity contribution in [2.75, 3.05) is 0 Å². The highest BCUT2D eigenvalue weighted by atomic mass is 15.0. The van der Waals surface area contributed by atoms with Crippen molar-refractivity contribution >= 4 is 77.6 Å². The summed E-state index contributed by atoms with van der Waals surface area (Å²) in [6.07, 6.45) is 0. The third-order valence-electron chi connectivity index (χ3n) is 16.6. The first-order valence-electron chi connectivity index (χ1n) is 26.9. The molecule has 0 aliphatic carbocycles. The van der Waals surface area contributed by atoms with E-state index < -0.39 is 0 Å². The van der Waals surface area contributed by atoms with Gasteiger partial charge in [-0.25, -0.2) is 9.97 Å². The SMILES string of the molecule is CC(C)(C)c1cc(-c2nc(-c3cc4c5c(c3)-n3c6ccc(C(C)(C)C)cc6c6cc(C(C)(C)C)cc(c63)B5c3cc(C(C)(C)C)cc5c6cc(C(C)(C)C)ccc6n-4c35)c3ccccc3n2)cc(C(C)(C)C)c1. The molecule has 0 saturated heterocycles. The highest BCUT2D eigenvalue weighted by molar-refractivity contribution is 7.00. The monoisotopic (exact) mass is 957 g/mol. The van der Waals surface area contributed by atoms with Crippen LogP contribution in [0.25, 0.3) is 88.5 Å². The van der Waals surface area contributed by atoms with Crippen molar-refractivity contribution in [1.82, 2.24) is 19.1 Å². The van der Waals surface area contributed by atoms with Gasteiger partial charge in [-0.05, 0) is 149 Å². The number of rotatable bonds is 2. The quantitative estimate of drug-likeness (QED) is 0.162. The number of para-hydroxylation sites is 1. The van der Waals surface area contributed by atoms with E-state index in [1.165, 1.54) is 105 Å². The third kappa shape index (κ3) is 7.29. The van der Waals surface area contributed by atoms with Crippen LogP contribution in [0.4, 0.5) is 0 Å². The minimum Gasteiger partial charge on any atom is -0.310 e. The summed E-state index contributed by atoms with van der Waals surface area (Å²) in [6, 6.07) is 45.5. The Balaban J connectivity index is 1.27. The maximum absolute atomic E-state index is 5.76. The van der Waals surface area contributed by atoms with Gasteiger partial charge >= 0.3 is 0 Å². The molecule has 0 unspecified atom stereocenters. The summed E-state index contributed by atoms with van der Waals surface area (Å²) in [5.74, 6) is 0.752. The normalized spacial score (nSPS) is 14.1. The van der Waals surface area contributed by atoms with Gasteiger partial charge in [0.05, 0.1) is 22.2 Å². The van der Waals surface area contributed by atoms with Crippen molar-refractivity contribution in [3.05, 3.63) is 149 Å². The fourth-order valence-electron chi connectivity index (χ4n) is 12.1. The average Bonchev–Trinajstić information content (AvgIpc) is 3.82. The molecule has 3 aromatic heterocycles. The van der Waals surface area contributed by atoms with E-state index in [1.54, 1.807) is 0 Å². The number of fused-ring (bicyclic) bond motifs is 11. The first kappa shape index (κ1) is 47.5. The smallest absolute Gasteiger partial charge is 0.252 e. The molecule has 0 amide bonds. The van der Waals surface area contributed by atoms with Crippen molar-refractivity contribution in [2.24, 2.45) is 0 Å². The van der Waals surface area contributed by atoms with Crippen LogP contribution in [-0.2, 0) is 32.5 Å². The van der Waals surface area contributed by atoms with Crippen molar-refractivity contribution in [1.29, 1.82) is 0 Å². The lowest BCUT2D eigenvalue weighted by atomic mass is 9.34. The van der Waals surface area contributed by atoms with Crippen molar-refractivity contribution in [3.8, 4) is 34.0 Å². The molecule has 4 nitrogen and oxygen atoms in total. The summed E-state index contributed by atoms with van der Waals surface area (Å²) in [6.45, 7) is 42.1. The standard InChI is InChI=1S/C68H73BN4/c1-63(2,3)40-23-25-54-47(32-40)49-34-44(67(13,14)15)36-51-60(49)72(54)56-29-38(59-46-21-19-20-22-53(46)70-62(71-59)39-27-42(65(7,8)9)31-43(28-39)66(10,11)12)30-57-58(56)69(51)52-37-45(68(16,17)18)35-50-48-33-41(64(4,5)6)24-26-55(48)73(57)61(50)52/h19-37H,1-18H3. The second kappa shape index (κ2) is 15.1. The Hall–Kier alpha value is -6.46. The van der Waals surface area contributed by atoms with E-state index in [9.17, 15) is 0 Å². The van der Waals surface area contributed by atoms with Crippen LogP contribution in [-0.4, -0.2) is 25.8 Å². The van der Waals surface area contributed by atoms with Gasteiger partial charge < -0.3 is 9.13 Å². The molecule has 0 bridgehead atoms.